The molecule has 0 aliphatic rings. The van der Waals surface area contributed by atoms with Crippen LogP contribution in [0.25, 0.3) is 0 Å². The number of carbonyl (C=O) groups excluding carboxylic acids is 1. The third-order valence-corrected chi connectivity index (χ3v) is 5.23. The Labute approximate surface area is 152 Å². The van der Waals surface area contributed by atoms with E-state index in [1.807, 2.05) is 0 Å². The molecule has 0 radical (unpaired) electrons. The average Bonchev–Trinajstić information content (AvgIpc) is 3.18. The number of nitrogens with one attached hydrogen (secondary N) is 1. The van der Waals surface area contributed by atoms with Crippen molar-refractivity contribution in [3.8, 4) is 6.01 Å². The first kappa shape index (κ1) is 19.8. The fraction of sp³-hybridized carbons (Fsp3) is 0.500. The highest BCUT2D eigenvalue weighted by molar-refractivity contribution is 7.91. The van der Waals surface area contributed by atoms with E-state index in [1.165, 1.54) is 18.6 Å². The minimum atomic E-state index is -4.43. The lowest BCUT2D eigenvalue weighted by Gasteiger charge is -2.20. The third kappa shape index (κ3) is 4.19. The summed E-state index contributed by atoms with van der Waals surface area (Å²) in [6, 6.07) is -1.41. The average molecular weight is 408 g/mol. The standard InChI is InChI=1S/C12H17FN6O5S2/c1-3-24-10-15-19(11(20)17(10)2)12(21)18(7-4-5-13)26(22,23)16-9-14-6-8-25-9/h6,8H,3-5,7H2,1-2H3,(H,14,16). The van der Waals surface area contributed by atoms with Gasteiger partial charge in [0.15, 0.2) is 5.13 Å². The van der Waals surface area contributed by atoms with Crippen LogP contribution in [0.15, 0.2) is 16.4 Å². The lowest BCUT2D eigenvalue weighted by molar-refractivity contribution is 0.218. The largest absolute Gasteiger partial charge is 0.464 e. The van der Waals surface area contributed by atoms with Gasteiger partial charge in [-0.15, -0.1) is 21.1 Å². The number of nitrogens with zero attached hydrogens (tertiary/aromatic N) is 5. The Morgan fingerprint density at radius 3 is 2.81 bits per heavy atom. The van der Waals surface area contributed by atoms with Gasteiger partial charge in [0.2, 0.25) is 0 Å². The molecule has 2 heterocycles. The Bertz CT molecular complexity index is 907. The van der Waals surface area contributed by atoms with Crippen LogP contribution in [0.2, 0.25) is 0 Å². The molecule has 1 amide bonds. The van der Waals surface area contributed by atoms with Crippen LogP contribution < -0.4 is 15.1 Å². The molecular formula is C12H17FN6O5S2. The van der Waals surface area contributed by atoms with Crippen molar-refractivity contribution >= 4 is 32.7 Å². The summed E-state index contributed by atoms with van der Waals surface area (Å²) in [5.41, 5.74) is -0.895. The van der Waals surface area contributed by atoms with Crippen LogP contribution in [0.3, 0.4) is 0 Å². The zero-order valence-electron chi connectivity index (χ0n) is 14.0. The zero-order chi connectivity index (χ0) is 19.3. The van der Waals surface area contributed by atoms with Gasteiger partial charge in [-0.1, -0.05) is 0 Å². The number of amides is 1. The quantitative estimate of drug-likeness (QED) is 0.670. The van der Waals surface area contributed by atoms with Crippen molar-refractivity contribution in [3.63, 3.8) is 0 Å². The van der Waals surface area contributed by atoms with Crippen LogP contribution in [0.5, 0.6) is 6.01 Å². The van der Waals surface area contributed by atoms with E-state index in [-0.39, 0.29) is 24.2 Å². The van der Waals surface area contributed by atoms with Crippen molar-refractivity contribution in [2.24, 2.45) is 7.05 Å². The van der Waals surface area contributed by atoms with E-state index in [4.69, 9.17) is 4.74 Å². The molecule has 14 heteroatoms. The summed E-state index contributed by atoms with van der Waals surface area (Å²) in [6.45, 7) is 0.510. The van der Waals surface area contributed by atoms with Crippen molar-refractivity contribution in [1.82, 2.24) is 23.6 Å². The Kier molecular flexibility index (Phi) is 6.31. The van der Waals surface area contributed by atoms with Gasteiger partial charge in [-0.25, -0.2) is 28.2 Å². The van der Waals surface area contributed by atoms with E-state index >= 15 is 0 Å². The number of thiazole rings is 1. The van der Waals surface area contributed by atoms with E-state index in [2.05, 4.69) is 14.8 Å². The number of alkyl halides is 1. The van der Waals surface area contributed by atoms with E-state index < -0.39 is 35.1 Å². The van der Waals surface area contributed by atoms with E-state index in [0.29, 0.717) is 8.99 Å². The van der Waals surface area contributed by atoms with E-state index in [1.54, 1.807) is 6.92 Å². The summed E-state index contributed by atoms with van der Waals surface area (Å²) in [5.74, 6) is 0. The number of aromatic nitrogens is 4. The van der Waals surface area contributed by atoms with Gasteiger partial charge in [0, 0.05) is 25.2 Å². The summed E-state index contributed by atoms with van der Waals surface area (Å²) < 4.78 is 46.4. The fourth-order valence-corrected chi connectivity index (χ4v) is 3.78. The zero-order valence-corrected chi connectivity index (χ0v) is 15.6. The molecule has 0 fully saturated rings. The first-order chi connectivity index (χ1) is 12.3. The SMILES string of the molecule is CCOc1nn(C(=O)N(CCCF)S(=O)(=O)Nc2nccs2)c(=O)n1C. The normalized spacial score (nSPS) is 11.3. The van der Waals surface area contributed by atoms with Gasteiger partial charge in [-0.3, -0.25) is 4.39 Å². The lowest BCUT2D eigenvalue weighted by Crippen LogP contribution is -2.46. The summed E-state index contributed by atoms with van der Waals surface area (Å²) in [7, 11) is -3.11. The van der Waals surface area contributed by atoms with Crippen molar-refractivity contribution < 1.29 is 22.3 Å². The molecule has 0 aliphatic carbocycles. The highest BCUT2D eigenvalue weighted by Gasteiger charge is 2.32. The number of halogens is 1. The van der Waals surface area contributed by atoms with Crippen molar-refractivity contribution in [1.29, 1.82) is 0 Å². The van der Waals surface area contributed by atoms with Crippen molar-refractivity contribution in [2.75, 3.05) is 24.5 Å². The second kappa shape index (κ2) is 8.27. The predicted molar refractivity (Wildman–Crippen MR) is 91.4 cm³/mol. The predicted octanol–water partition coefficient (Wildman–Crippen LogP) is 0.424. The molecule has 0 bridgehead atoms. The van der Waals surface area contributed by atoms with Crippen LogP contribution in [0.1, 0.15) is 13.3 Å². The van der Waals surface area contributed by atoms with Crippen molar-refractivity contribution in [2.45, 2.75) is 13.3 Å². The maximum Gasteiger partial charge on any atom is 0.364 e. The molecule has 2 aromatic rings. The highest BCUT2D eigenvalue weighted by atomic mass is 32.2. The monoisotopic (exact) mass is 408 g/mol. The molecule has 144 valence electrons. The number of carbonyl (C=O) groups is 1. The van der Waals surface area contributed by atoms with Gasteiger partial charge >= 0.3 is 27.9 Å². The Morgan fingerprint density at radius 1 is 1.50 bits per heavy atom. The first-order valence-corrected chi connectivity index (χ1v) is 9.73. The smallest absolute Gasteiger partial charge is 0.364 e. The molecule has 0 unspecified atom stereocenters. The molecule has 0 saturated carbocycles. The van der Waals surface area contributed by atoms with Gasteiger partial charge in [0.1, 0.15) is 0 Å². The van der Waals surface area contributed by atoms with Gasteiger partial charge < -0.3 is 4.74 Å². The van der Waals surface area contributed by atoms with Gasteiger partial charge in [0.05, 0.1) is 13.3 Å². The van der Waals surface area contributed by atoms with E-state index in [0.717, 1.165) is 15.9 Å². The molecular weight excluding hydrogens is 391 g/mol. The topological polar surface area (TPSA) is 128 Å². The number of ether oxygens (including phenoxy) is 1. The highest BCUT2D eigenvalue weighted by Crippen LogP contribution is 2.15. The van der Waals surface area contributed by atoms with Crippen LogP contribution in [-0.2, 0) is 17.3 Å². The van der Waals surface area contributed by atoms with Gasteiger partial charge in [-0.2, -0.15) is 8.42 Å². The Balaban J connectivity index is 2.38. The molecule has 11 nitrogen and oxygen atoms in total. The number of rotatable bonds is 8. The summed E-state index contributed by atoms with van der Waals surface area (Å²) >= 11 is 0.993. The second-order valence-electron chi connectivity index (χ2n) is 4.81. The summed E-state index contributed by atoms with van der Waals surface area (Å²) in [6.07, 6.45) is 1.12. The lowest BCUT2D eigenvalue weighted by atomic mass is 10.5. The third-order valence-electron chi connectivity index (χ3n) is 3.04. The maximum atomic E-state index is 12.6. The minimum Gasteiger partial charge on any atom is -0.464 e. The molecule has 1 N–H and O–H groups in total. The number of hydrogen-bond acceptors (Lipinski definition) is 8. The fourth-order valence-electron chi connectivity index (χ4n) is 1.87. The van der Waals surface area contributed by atoms with Crippen LogP contribution >= 0.6 is 11.3 Å². The molecule has 0 aromatic carbocycles. The van der Waals surface area contributed by atoms with Crippen LogP contribution in [0, 0.1) is 0 Å². The Morgan fingerprint density at radius 2 is 2.23 bits per heavy atom. The summed E-state index contributed by atoms with van der Waals surface area (Å²) in [4.78, 5) is 28.5. The first-order valence-electron chi connectivity index (χ1n) is 7.41. The minimum absolute atomic E-state index is 0.0198. The molecule has 2 rings (SSSR count). The van der Waals surface area contributed by atoms with Crippen LogP contribution in [-0.4, -0.2) is 57.9 Å². The second-order valence-corrected chi connectivity index (χ2v) is 7.30. The molecule has 26 heavy (non-hydrogen) atoms. The van der Waals surface area contributed by atoms with Gasteiger partial charge in [-0.05, 0) is 13.3 Å². The summed E-state index contributed by atoms with van der Waals surface area (Å²) in [5, 5.41) is 5.24. The van der Waals surface area contributed by atoms with E-state index in [9.17, 15) is 22.4 Å². The molecule has 0 atom stereocenters. The van der Waals surface area contributed by atoms with Gasteiger partial charge in [0.25, 0.3) is 0 Å². The molecule has 0 aliphatic heterocycles. The number of hydrogen-bond donors (Lipinski definition) is 1. The number of anilines is 1. The van der Waals surface area contributed by atoms with Crippen LogP contribution in [0.4, 0.5) is 14.3 Å². The maximum absolute atomic E-state index is 12.6. The molecule has 2 aromatic heterocycles. The van der Waals surface area contributed by atoms with Crippen molar-refractivity contribution in [3.05, 3.63) is 22.1 Å². The molecule has 0 saturated heterocycles. The Hall–Kier alpha value is -2.48. The molecule has 0 spiro atoms.